The van der Waals surface area contributed by atoms with Gasteiger partial charge in [0.2, 0.25) is 5.91 Å². The summed E-state index contributed by atoms with van der Waals surface area (Å²) in [6, 6.07) is 11.2. The Morgan fingerprint density at radius 2 is 2.08 bits per heavy atom. The number of aryl methyl sites for hydroxylation is 1. The lowest BCUT2D eigenvalue weighted by Crippen LogP contribution is -2.36. The van der Waals surface area contributed by atoms with Gasteiger partial charge in [-0.2, -0.15) is 0 Å². The number of hydrogen-bond acceptors (Lipinski definition) is 6. The molecule has 5 nitrogen and oxygen atoms in total. The van der Waals surface area contributed by atoms with Gasteiger partial charge in [-0.05, 0) is 61.3 Å². The number of benzene rings is 1. The largest absolute Gasteiger partial charge is 0.324 e. The van der Waals surface area contributed by atoms with Crippen molar-refractivity contribution in [2.24, 2.45) is 0 Å². The van der Waals surface area contributed by atoms with Gasteiger partial charge in [-0.15, -0.1) is 23.1 Å². The second-order valence-electron chi connectivity index (χ2n) is 5.50. The van der Waals surface area contributed by atoms with E-state index in [1.54, 1.807) is 35.2 Å². The van der Waals surface area contributed by atoms with E-state index >= 15 is 0 Å². The van der Waals surface area contributed by atoms with E-state index in [0.717, 1.165) is 31.3 Å². The van der Waals surface area contributed by atoms with Gasteiger partial charge in [0.05, 0.1) is 4.91 Å². The van der Waals surface area contributed by atoms with Crippen LogP contribution in [0.5, 0.6) is 0 Å². The third-order valence-electron chi connectivity index (χ3n) is 3.56. The van der Waals surface area contributed by atoms with Crippen molar-refractivity contribution in [1.82, 2.24) is 4.90 Å². The topological polar surface area (TPSA) is 66.5 Å². The van der Waals surface area contributed by atoms with E-state index < -0.39 is 17.1 Å². The zero-order chi connectivity index (χ0) is 18.7. The van der Waals surface area contributed by atoms with Crippen LogP contribution in [0.4, 0.5) is 10.5 Å². The molecule has 0 bridgehead atoms. The third-order valence-corrected chi connectivity index (χ3v) is 6.14. The minimum atomic E-state index is -0.431. The van der Waals surface area contributed by atoms with Crippen molar-refractivity contribution in [2.75, 3.05) is 18.1 Å². The van der Waals surface area contributed by atoms with Crippen LogP contribution in [0.1, 0.15) is 9.75 Å². The molecule has 2 aromatic rings. The number of amides is 3. The molecule has 1 fully saturated rings. The van der Waals surface area contributed by atoms with Crippen LogP contribution in [0.25, 0.3) is 6.08 Å². The number of nitrogens with one attached hydrogen (secondary N) is 1. The minimum Gasteiger partial charge on any atom is -0.324 e. The van der Waals surface area contributed by atoms with E-state index in [4.69, 9.17) is 0 Å². The molecule has 3 amide bonds. The predicted molar refractivity (Wildman–Crippen MR) is 109 cm³/mol. The third kappa shape index (κ3) is 4.38. The molecule has 1 aliphatic heterocycles. The monoisotopic (exact) mass is 404 g/mol. The second-order valence-corrected chi connectivity index (χ2v) is 8.69. The molecule has 26 heavy (non-hydrogen) atoms. The van der Waals surface area contributed by atoms with Crippen LogP contribution in [0.2, 0.25) is 0 Å². The zero-order valence-corrected chi connectivity index (χ0v) is 16.6. The molecule has 0 saturated carbocycles. The number of thiophene rings is 1. The molecule has 0 aliphatic carbocycles. The number of imide groups is 1. The van der Waals surface area contributed by atoms with E-state index in [1.807, 2.05) is 43.5 Å². The van der Waals surface area contributed by atoms with Crippen molar-refractivity contribution in [3.63, 3.8) is 0 Å². The molecule has 0 atom stereocenters. The number of thioether (sulfide) groups is 2. The number of rotatable bonds is 5. The summed E-state index contributed by atoms with van der Waals surface area (Å²) in [6.45, 7) is 1.68. The fourth-order valence-electron chi connectivity index (χ4n) is 2.34. The molecule has 1 aromatic carbocycles. The Bertz CT molecular complexity index is 905. The lowest BCUT2D eigenvalue weighted by Gasteiger charge is -2.12. The summed E-state index contributed by atoms with van der Waals surface area (Å²) in [7, 11) is 0. The van der Waals surface area contributed by atoms with Crippen LogP contribution in [-0.4, -0.2) is 34.8 Å². The van der Waals surface area contributed by atoms with Crippen LogP contribution in [0, 0.1) is 6.92 Å². The average molecular weight is 405 g/mol. The molecule has 0 unspecified atom stereocenters. The molecule has 1 aliphatic rings. The molecular weight excluding hydrogens is 388 g/mol. The average Bonchev–Trinajstić information content (AvgIpc) is 3.13. The number of nitrogens with zero attached hydrogens (tertiary/aromatic N) is 1. The molecule has 2 heterocycles. The first-order valence-electron chi connectivity index (χ1n) is 7.72. The Morgan fingerprint density at radius 1 is 1.27 bits per heavy atom. The van der Waals surface area contributed by atoms with E-state index in [0.29, 0.717) is 10.6 Å². The van der Waals surface area contributed by atoms with Crippen molar-refractivity contribution in [1.29, 1.82) is 0 Å². The van der Waals surface area contributed by atoms with Crippen LogP contribution < -0.4 is 5.32 Å². The Kier molecular flexibility index (Phi) is 5.85. The normalized spacial score (nSPS) is 15.8. The van der Waals surface area contributed by atoms with Crippen molar-refractivity contribution in [3.05, 3.63) is 51.1 Å². The summed E-state index contributed by atoms with van der Waals surface area (Å²) < 4.78 is 0. The fourth-order valence-corrected chi connectivity index (χ4v) is 4.53. The first kappa shape index (κ1) is 18.8. The molecule has 0 radical (unpaired) electrons. The first-order chi connectivity index (χ1) is 12.5. The Morgan fingerprint density at radius 3 is 2.77 bits per heavy atom. The maximum Gasteiger partial charge on any atom is 0.294 e. The number of anilines is 1. The van der Waals surface area contributed by atoms with Crippen molar-refractivity contribution in [3.8, 4) is 0 Å². The Balaban J connectivity index is 1.67. The minimum absolute atomic E-state index is 0.297. The van der Waals surface area contributed by atoms with E-state index in [9.17, 15) is 14.4 Å². The predicted octanol–water partition coefficient (Wildman–Crippen LogP) is 4.45. The molecule has 8 heteroatoms. The van der Waals surface area contributed by atoms with Crippen LogP contribution >= 0.6 is 34.9 Å². The summed E-state index contributed by atoms with van der Waals surface area (Å²) >= 11 is 3.97. The van der Waals surface area contributed by atoms with E-state index in [1.165, 1.54) is 0 Å². The van der Waals surface area contributed by atoms with Crippen LogP contribution in [-0.2, 0) is 9.59 Å². The highest BCUT2D eigenvalue weighted by Gasteiger charge is 2.36. The zero-order valence-electron chi connectivity index (χ0n) is 14.1. The molecule has 1 N–H and O–H groups in total. The fraction of sp³-hybridized carbons (Fsp3) is 0.167. The van der Waals surface area contributed by atoms with E-state index in [-0.39, 0.29) is 6.54 Å². The van der Waals surface area contributed by atoms with Gasteiger partial charge >= 0.3 is 0 Å². The highest BCUT2D eigenvalue weighted by atomic mass is 32.2. The maximum absolute atomic E-state index is 12.5. The lowest BCUT2D eigenvalue weighted by atomic mass is 10.3. The van der Waals surface area contributed by atoms with Gasteiger partial charge in [0.1, 0.15) is 6.54 Å². The van der Waals surface area contributed by atoms with Gasteiger partial charge in [0.25, 0.3) is 11.1 Å². The van der Waals surface area contributed by atoms with Gasteiger partial charge in [-0.25, -0.2) is 0 Å². The SMILES string of the molecule is CSc1cccc(NC(=O)CN2C(=O)S/C(=C/c3ccc(C)s3)C2=O)c1. The Hall–Kier alpha value is -2.03. The number of carbonyl (C=O) groups is 3. The summed E-state index contributed by atoms with van der Waals surface area (Å²) in [5, 5.41) is 2.30. The number of carbonyl (C=O) groups excluding carboxylic acids is 3. The standard InChI is InChI=1S/C18H16N2O3S3/c1-11-6-7-14(25-11)9-15-17(22)20(18(23)26-15)10-16(21)19-12-4-3-5-13(8-12)24-2/h3-9H,10H2,1-2H3,(H,19,21)/b15-9+. The van der Waals surface area contributed by atoms with Crippen molar-refractivity contribution in [2.45, 2.75) is 11.8 Å². The summed E-state index contributed by atoms with van der Waals surface area (Å²) in [5.41, 5.74) is 0.637. The van der Waals surface area contributed by atoms with Gasteiger partial charge in [0.15, 0.2) is 0 Å². The first-order valence-corrected chi connectivity index (χ1v) is 10.6. The summed E-state index contributed by atoms with van der Waals surface area (Å²) in [4.78, 5) is 41.2. The summed E-state index contributed by atoms with van der Waals surface area (Å²) in [5.74, 6) is -0.835. The van der Waals surface area contributed by atoms with Gasteiger partial charge in [-0.1, -0.05) is 6.07 Å². The van der Waals surface area contributed by atoms with Crippen LogP contribution in [0.3, 0.4) is 0 Å². The van der Waals surface area contributed by atoms with Crippen molar-refractivity contribution < 1.29 is 14.4 Å². The lowest BCUT2D eigenvalue weighted by molar-refractivity contribution is -0.127. The molecule has 1 saturated heterocycles. The smallest absolute Gasteiger partial charge is 0.294 e. The molecule has 0 spiro atoms. The highest BCUT2D eigenvalue weighted by Crippen LogP contribution is 2.33. The quantitative estimate of drug-likeness (QED) is 0.589. The van der Waals surface area contributed by atoms with Gasteiger partial charge in [0, 0.05) is 20.3 Å². The number of hydrogen-bond donors (Lipinski definition) is 1. The molecule has 134 valence electrons. The molecule has 3 rings (SSSR count). The summed E-state index contributed by atoms with van der Waals surface area (Å²) in [6.07, 6.45) is 3.64. The van der Waals surface area contributed by atoms with Crippen LogP contribution in [0.15, 0.2) is 46.2 Å². The second kappa shape index (κ2) is 8.11. The van der Waals surface area contributed by atoms with Crippen molar-refractivity contribution >= 4 is 63.7 Å². The Labute approximate surface area is 163 Å². The molecular formula is C18H16N2O3S3. The highest BCUT2D eigenvalue weighted by molar-refractivity contribution is 8.18. The van der Waals surface area contributed by atoms with Gasteiger partial charge < -0.3 is 5.32 Å². The van der Waals surface area contributed by atoms with Gasteiger partial charge in [-0.3, -0.25) is 19.3 Å². The molecule has 1 aromatic heterocycles. The maximum atomic E-state index is 12.5. The van der Waals surface area contributed by atoms with E-state index in [2.05, 4.69) is 5.32 Å².